The lowest BCUT2D eigenvalue weighted by atomic mass is 9.96. The second kappa shape index (κ2) is 6.49. The van der Waals surface area contributed by atoms with E-state index in [0.29, 0.717) is 6.54 Å². The van der Waals surface area contributed by atoms with Crippen LogP contribution in [-0.2, 0) is 29.4 Å². The van der Waals surface area contributed by atoms with Crippen LogP contribution in [0.2, 0.25) is 0 Å². The molecule has 6 nitrogen and oxygen atoms in total. The average Bonchev–Trinajstić information content (AvgIpc) is 2.52. The van der Waals surface area contributed by atoms with E-state index in [1.807, 2.05) is 13.8 Å². The van der Waals surface area contributed by atoms with Gasteiger partial charge in [-0.2, -0.15) is 0 Å². The summed E-state index contributed by atoms with van der Waals surface area (Å²) < 4.78 is 22.8. The number of primary sulfonamides is 1. The molecule has 0 fully saturated rings. The predicted molar refractivity (Wildman–Crippen MR) is 93.3 cm³/mol. The maximum absolute atomic E-state index is 11.4. The molecular weight excluding hydrogens is 324 g/mol. The Labute approximate surface area is 142 Å². The van der Waals surface area contributed by atoms with Gasteiger partial charge in [-0.15, -0.1) is 0 Å². The zero-order chi connectivity index (χ0) is 17.3. The van der Waals surface area contributed by atoms with Crippen molar-refractivity contribution in [3.8, 4) is 0 Å². The average molecular weight is 346 g/mol. The van der Waals surface area contributed by atoms with Crippen molar-refractivity contribution in [2.45, 2.75) is 51.0 Å². The fourth-order valence-electron chi connectivity index (χ4n) is 3.09. The molecule has 1 aromatic carbocycles. The number of aromatic nitrogens is 2. The summed E-state index contributed by atoms with van der Waals surface area (Å²) in [4.78, 5) is 9.24. The molecule has 24 heavy (non-hydrogen) atoms. The number of sulfonamides is 1. The van der Waals surface area contributed by atoms with Crippen LogP contribution in [-0.4, -0.2) is 18.4 Å². The first kappa shape index (κ1) is 16.9. The van der Waals surface area contributed by atoms with Crippen molar-refractivity contribution < 1.29 is 8.42 Å². The molecule has 0 amide bonds. The molecule has 3 N–H and O–H groups in total. The molecule has 0 bridgehead atoms. The lowest BCUT2D eigenvalue weighted by molar-refractivity contribution is 0.597. The van der Waals surface area contributed by atoms with Crippen LogP contribution in [0.5, 0.6) is 0 Å². The summed E-state index contributed by atoms with van der Waals surface area (Å²) in [5.74, 6) is 1.67. The number of fused-ring (bicyclic) bond motifs is 1. The molecule has 0 radical (unpaired) electrons. The minimum absolute atomic E-state index is 0.138. The molecule has 1 heterocycles. The van der Waals surface area contributed by atoms with Crippen molar-refractivity contribution >= 4 is 15.8 Å². The Hall–Kier alpha value is -1.99. The summed E-state index contributed by atoms with van der Waals surface area (Å²) >= 11 is 0. The summed E-state index contributed by atoms with van der Waals surface area (Å²) in [5, 5.41) is 8.57. The van der Waals surface area contributed by atoms with Crippen molar-refractivity contribution in [2.75, 3.05) is 5.32 Å². The number of nitrogens with zero attached hydrogens (tertiary/aromatic N) is 2. The van der Waals surface area contributed by atoms with E-state index >= 15 is 0 Å². The molecule has 3 rings (SSSR count). The number of nitrogens with one attached hydrogen (secondary N) is 1. The quantitative estimate of drug-likeness (QED) is 0.884. The van der Waals surface area contributed by atoms with E-state index < -0.39 is 10.0 Å². The van der Waals surface area contributed by atoms with E-state index in [2.05, 4.69) is 15.3 Å². The van der Waals surface area contributed by atoms with E-state index in [4.69, 9.17) is 5.14 Å². The van der Waals surface area contributed by atoms with E-state index in [1.54, 1.807) is 18.2 Å². The van der Waals surface area contributed by atoms with Gasteiger partial charge in [0.25, 0.3) is 0 Å². The minimum atomic E-state index is -3.67. The van der Waals surface area contributed by atoms with Gasteiger partial charge in [-0.3, -0.25) is 0 Å². The largest absolute Gasteiger partial charge is 0.366 e. The number of anilines is 1. The first-order valence-electron chi connectivity index (χ1n) is 8.07. The first-order valence-corrected chi connectivity index (χ1v) is 9.62. The molecule has 1 aliphatic rings. The molecule has 2 aromatic rings. The smallest absolute Gasteiger partial charge is 0.238 e. The summed E-state index contributed by atoms with van der Waals surface area (Å²) in [6.07, 6.45) is 4.35. The van der Waals surface area contributed by atoms with E-state index in [-0.39, 0.29) is 4.90 Å². The zero-order valence-electron chi connectivity index (χ0n) is 14.0. The lowest BCUT2D eigenvalue weighted by Crippen LogP contribution is -2.15. The Morgan fingerprint density at radius 3 is 2.62 bits per heavy atom. The van der Waals surface area contributed by atoms with Crippen LogP contribution in [0.25, 0.3) is 0 Å². The van der Waals surface area contributed by atoms with E-state index in [0.717, 1.165) is 47.7 Å². The van der Waals surface area contributed by atoms with Gasteiger partial charge < -0.3 is 5.32 Å². The van der Waals surface area contributed by atoms with Crippen LogP contribution >= 0.6 is 0 Å². The van der Waals surface area contributed by atoms with Crippen LogP contribution in [0.1, 0.15) is 41.1 Å². The van der Waals surface area contributed by atoms with Crippen molar-refractivity contribution in [3.05, 3.63) is 46.4 Å². The molecule has 0 aliphatic heterocycles. The molecule has 128 valence electrons. The molecule has 1 aromatic heterocycles. The van der Waals surface area contributed by atoms with Crippen LogP contribution in [0.15, 0.2) is 23.1 Å². The van der Waals surface area contributed by atoms with Crippen molar-refractivity contribution in [1.82, 2.24) is 9.97 Å². The Morgan fingerprint density at radius 1 is 1.17 bits per heavy atom. The summed E-state index contributed by atoms with van der Waals surface area (Å²) in [6.45, 7) is 4.37. The Kier molecular flexibility index (Phi) is 4.56. The normalized spacial score (nSPS) is 14.3. The topological polar surface area (TPSA) is 98.0 Å². The molecule has 1 aliphatic carbocycles. The van der Waals surface area contributed by atoms with Gasteiger partial charge in [-0.1, -0.05) is 6.07 Å². The van der Waals surface area contributed by atoms with Gasteiger partial charge in [0.15, 0.2) is 0 Å². The molecule has 0 saturated heterocycles. The third-order valence-electron chi connectivity index (χ3n) is 4.38. The van der Waals surface area contributed by atoms with Crippen molar-refractivity contribution in [1.29, 1.82) is 0 Å². The standard InChI is InChI=1S/C17H22N4O2S/c1-11-9-14(24(18,22)23)8-7-13(11)10-19-17-15-5-3-4-6-16(15)20-12(2)21-17/h7-9H,3-6,10H2,1-2H3,(H2,18,22,23)(H,19,20,21). The first-order chi connectivity index (χ1) is 11.3. The van der Waals surface area contributed by atoms with Gasteiger partial charge in [-0.05, 0) is 62.8 Å². The summed E-state index contributed by atoms with van der Waals surface area (Å²) in [5.41, 5.74) is 4.26. The third kappa shape index (κ3) is 3.57. The highest BCUT2D eigenvalue weighted by Gasteiger charge is 2.17. The fraction of sp³-hybridized carbons (Fsp3) is 0.412. The van der Waals surface area contributed by atoms with Crippen LogP contribution in [0.4, 0.5) is 5.82 Å². The Balaban J connectivity index is 1.83. The van der Waals surface area contributed by atoms with Gasteiger partial charge >= 0.3 is 0 Å². The van der Waals surface area contributed by atoms with Crippen molar-refractivity contribution in [3.63, 3.8) is 0 Å². The molecule has 0 atom stereocenters. The maximum Gasteiger partial charge on any atom is 0.238 e. The van der Waals surface area contributed by atoms with Gasteiger partial charge in [0.1, 0.15) is 11.6 Å². The Bertz CT molecular complexity index is 878. The number of hydrogen-bond acceptors (Lipinski definition) is 5. The fourth-order valence-corrected chi connectivity index (χ4v) is 3.69. The van der Waals surface area contributed by atoms with Gasteiger partial charge in [0.05, 0.1) is 4.90 Å². The number of rotatable bonds is 4. The highest BCUT2D eigenvalue weighted by molar-refractivity contribution is 7.89. The molecular formula is C17H22N4O2S. The SMILES string of the molecule is Cc1nc2c(c(NCc3ccc(S(N)(=O)=O)cc3C)n1)CCCC2. The summed E-state index contributed by atoms with van der Waals surface area (Å²) in [6, 6.07) is 4.94. The molecule has 7 heteroatoms. The molecule has 0 spiro atoms. The second-order valence-electron chi connectivity index (χ2n) is 6.24. The number of hydrogen-bond donors (Lipinski definition) is 2. The highest BCUT2D eigenvalue weighted by Crippen LogP contribution is 2.26. The van der Waals surface area contributed by atoms with Gasteiger partial charge in [-0.25, -0.2) is 23.5 Å². The summed E-state index contributed by atoms with van der Waals surface area (Å²) in [7, 11) is -3.67. The van der Waals surface area contributed by atoms with Crippen molar-refractivity contribution in [2.24, 2.45) is 5.14 Å². The molecule has 0 unspecified atom stereocenters. The van der Waals surface area contributed by atoms with Crippen LogP contribution < -0.4 is 10.5 Å². The molecule has 0 saturated carbocycles. The second-order valence-corrected chi connectivity index (χ2v) is 7.80. The van der Waals surface area contributed by atoms with Crippen LogP contribution in [0.3, 0.4) is 0 Å². The predicted octanol–water partition coefficient (Wildman–Crippen LogP) is 2.23. The third-order valence-corrected chi connectivity index (χ3v) is 5.29. The maximum atomic E-state index is 11.4. The monoisotopic (exact) mass is 346 g/mol. The lowest BCUT2D eigenvalue weighted by Gasteiger charge is -2.19. The number of aryl methyl sites for hydroxylation is 3. The highest BCUT2D eigenvalue weighted by atomic mass is 32.2. The van der Waals surface area contributed by atoms with Gasteiger partial charge in [0, 0.05) is 17.8 Å². The number of nitrogens with two attached hydrogens (primary N) is 1. The van der Waals surface area contributed by atoms with Gasteiger partial charge in [0.2, 0.25) is 10.0 Å². The van der Waals surface area contributed by atoms with E-state index in [1.165, 1.54) is 12.0 Å². The number of benzene rings is 1. The van der Waals surface area contributed by atoms with Crippen LogP contribution in [0, 0.1) is 13.8 Å². The zero-order valence-corrected chi connectivity index (χ0v) is 14.8. The minimum Gasteiger partial charge on any atom is -0.366 e. The van der Waals surface area contributed by atoms with E-state index in [9.17, 15) is 8.42 Å². The Morgan fingerprint density at radius 2 is 1.92 bits per heavy atom.